The molecule has 0 saturated carbocycles. The van der Waals surface area contributed by atoms with Crippen molar-refractivity contribution in [1.29, 1.82) is 0 Å². The molecule has 5 heteroatoms. The summed E-state index contributed by atoms with van der Waals surface area (Å²) in [6, 6.07) is 5.88. The number of aliphatic imine (C=N–C) groups is 1. The predicted molar refractivity (Wildman–Crippen MR) is 70.4 cm³/mol. The molecule has 1 N–H and O–H groups in total. The highest BCUT2D eigenvalue weighted by atomic mass is 32.2. The Morgan fingerprint density at radius 3 is 2.88 bits per heavy atom. The van der Waals surface area contributed by atoms with E-state index < -0.39 is 0 Å². The van der Waals surface area contributed by atoms with Crippen molar-refractivity contribution in [3.63, 3.8) is 0 Å². The topological polar surface area (TPSA) is 42.9 Å². The molecule has 1 aromatic rings. The van der Waals surface area contributed by atoms with Gasteiger partial charge in [-0.2, -0.15) is 0 Å². The fourth-order valence-corrected chi connectivity index (χ4v) is 2.65. The number of fused-ring (bicyclic) bond motifs is 1. The first kappa shape index (κ1) is 10.8. The van der Waals surface area contributed by atoms with Gasteiger partial charge < -0.3 is 14.8 Å². The van der Waals surface area contributed by atoms with Crippen LogP contribution in [0.5, 0.6) is 11.5 Å². The summed E-state index contributed by atoms with van der Waals surface area (Å²) in [5, 5.41) is 4.84. The largest absolute Gasteiger partial charge is 0.486 e. The maximum atomic E-state index is 5.54. The summed E-state index contributed by atoms with van der Waals surface area (Å²) in [5.74, 6) is 1.62. The van der Waals surface area contributed by atoms with Crippen molar-refractivity contribution in [2.45, 2.75) is 12.2 Å². The summed E-state index contributed by atoms with van der Waals surface area (Å²) in [6.07, 6.45) is 0. The van der Waals surface area contributed by atoms with E-state index in [1.807, 2.05) is 18.2 Å². The van der Waals surface area contributed by atoms with E-state index >= 15 is 0 Å². The second-order valence-corrected chi connectivity index (χ2v) is 5.48. The van der Waals surface area contributed by atoms with Gasteiger partial charge in [0.1, 0.15) is 13.2 Å². The Bertz CT molecular complexity index is 462. The quantitative estimate of drug-likeness (QED) is 0.831. The highest BCUT2D eigenvalue weighted by Gasteiger charge is 2.16. The van der Waals surface area contributed by atoms with E-state index in [-0.39, 0.29) is 0 Å². The number of thioether (sulfide) groups is 1. The van der Waals surface area contributed by atoms with Crippen molar-refractivity contribution in [3.8, 4) is 11.5 Å². The summed E-state index contributed by atoms with van der Waals surface area (Å²) < 4.78 is 11.0. The van der Waals surface area contributed by atoms with Crippen LogP contribution in [0.2, 0.25) is 0 Å². The van der Waals surface area contributed by atoms with Crippen molar-refractivity contribution < 1.29 is 9.47 Å². The molecule has 1 unspecified atom stereocenters. The molecule has 2 aliphatic heterocycles. The average Bonchev–Trinajstić information content (AvgIpc) is 2.75. The number of benzene rings is 1. The lowest BCUT2D eigenvalue weighted by molar-refractivity contribution is 0.171. The van der Waals surface area contributed by atoms with Crippen LogP contribution in [-0.4, -0.2) is 30.2 Å². The number of rotatable bonds is 1. The Balaban J connectivity index is 1.75. The lowest BCUT2D eigenvalue weighted by Gasteiger charge is -2.19. The van der Waals surface area contributed by atoms with Gasteiger partial charge in [0, 0.05) is 17.0 Å². The molecule has 0 spiro atoms. The third-order valence-corrected chi connectivity index (χ3v) is 3.60. The van der Waals surface area contributed by atoms with Gasteiger partial charge >= 0.3 is 0 Å². The molecule has 0 aromatic heterocycles. The minimum absolute atomic E-state index is 0.565. The molecule has 0 aliphatic carbocycles. The smallest absolute Gasteiger partial charge is 0.163 e. The molecular formula is C12H14N2O2S. The van der Waals surface area contributed by atoms with Crippen molar-refractivity contribution >= 4 is 22.6 Å². The van der Waals surface area contributed by atoms with E-state index in [1.54, 1.807) is 11.8 Å². The second kappa shape index (κ2) is 4.49. The fraction of sp³-hybridized carbons (Fsp3) is 0.417. The second-order valence-electron chi connectivity index (χ2n) is 4.06. The molecule has 0 amide bonds. The van der Waals surface area contributed by atoms with Crippen LogP contribution in [0.4, 0.5) is 5.69 Å². The van der Waals surface area contributed by atoms with Gasteiger partial charge in [-0.15, -0.1) is 0 Å². The van der Waals surface area contributed by atoms with Crippen LogP contribution in [-0.2, 0) is 0 Å². The zero-order valence-electron chi connectivity index (χ0n) is 9.60. The first-order valence-electron chi connectivity index (χ1n) is 5.69. The molecule has 0 radical (unpaired) electrons. The number of amidine groups is 1. The molecule has 2 heterocycles. The van der Waals surface area contributed by atoms with Gasteiger partial charge in [-0.25, -0.2) is 0 Å². The minimum atomic E-state index is 0.565. The molecule has 1 atom stereocenters. The number of hydrogen-bond donors (Lipinski definition) is 1. The summed E-state index contributed by atoms with van der Waals surface area (Å²) in [7, 11) is 0. The number of anilines is 1. The molecule has 2 aliphatic rings. The maximum absolute atomic E-state index is 5.54. The molecule has 0 bridgehead atoms. The summed E-state index contributed by atoms with van der Waals surface area (Å²) in [4.78, 5) is 4.42. The van der Waals surface area contributed by atoms with Crippen LogP contribution in [0.15, 0.2) is 23.2 Å². The monoisotopic (exact) mass is 250 g/mol. The van der Waals surface area contributed by atoms with E-state index in [0.29, 0.717) is 18.5 Å². The van der Waals surface area contributed by atoms with E-state index in [2.05, 4.69) is 17.2 Å². The van der Waals surface area contributed by atoms with Gasteiger partial charge in [0.05, 0.1) is 6.54 Å². The molecule has 4 nitrogen and oxygen atoms in total. The molecule has 1 aromatic carbocycles. The number of hydrogen-bond acceptors (Lipinski definition) is 5. The highest BCUT2D eigenvalue weighted by molar-refractivity contribution is 8.15. The van der Waals surface area contributed by atoms with E-state index in [4.69, 9.17) is 9.47 Å². The Morgan fingerprint density at radius 2 is 2.12 bits per heavy atom. The highest BCUT2D eigenvalue weighted by Crippen LogP contribution is 2.33. The van der Waals surface area contributed by atoms with Crippen LogP contribution in [0, 0.1) is 0 Å². The van der Waals surface area contributed by atoms with Crippen molar-refractivity contribution in [1.82, 2.24) is 0 Å². The Kier molecular flexibility index (Phi) is 2.84. The zero-order chi connectivity index (χ0) is 11.7. The van der Waals surface area contributed by atoms with E-state index in [9.17, 15) is 0 Å². The van der Waals surface area contributed by atoms with Crippen molar-refractivity contribution in [2.24, 2.45) is 4.99 Å². The Morgan fingerprint density at radius 1 is 1.29 bits per heavy atom. The molecule has 0 fully saturated rings. The molecule has 3 rings (SSSR count). The lowest BCUT2D eigenvalue weighted by Crippen LogP contribution is -2.15. The molecule has 17 heavy (non-hydrogen) atoms. The van der Waals surface area contributed by atoms with Gasteiger partial charge in [-0.1, -0.05) is 18.7 Å². The van der Waals surface area contributed by atoms with Crippen LogP contribution >= 0.6 is 11.8 Å². The summed E-state index contributed by atoms with van der Waals surface area (Å²) >= 11 is 1.76. The molecular weight excluding hydrogens is 236 g/mol. The third kappa shape index (κ3) is 2.34. The number of nitrogens with zero attached hydrogens (tertiary/aromatic N) is 1. The van der Waals surface area contributed by atoms with Crippen LogP contribution in [0.3, 0.4) is 0 Å². The van der Waals surface area contributed by atoms with Crippen LogP contribution in [0.1, 0.15) is 6.92 Å². The third-order valence-electron chi connectivity index (χ3n) is 2.60. The first-order valence-corrected chi connectivity index (χ1v) is 6.57. The molecule has 0 saturated heterocycles. The van der Waals surface area contributed by atoms with Crippen LogP contribution < -0.4 is 14.8 Å². The zero-order valence-corrected chi connectivity index (χ0v) is 10.4. The Labute approximate surface area is 104 Å². The summed E-state index contributed by atoms with van der Waals surface area (Å²) in [5.41, 5.74) is 0.995. The summed E-state index contributed by atoms with van der Waals surface area (Å²) in [6.45, 7) is 4.30. The van der Waals surface area contributed by atoms with E-state index in [1.165, 1.54) is 0 Å². The first-order chi connectivity index (χ1) is 8.31. The normalized spacial score (nSPS) is 22.2. The maximum Gasteiger partial charge on any atom is 0.163 e. The molecule has 90 valence electrons. The SMILES string of the molecule is CC1CN=C(Nc2ccc3c(c2)OCCO3)S1. The average molecular weight is 250 g/mol. The van der Waals surface area contributed by atoms with Gasteiger partial charge in [-0.3, -0.25) is 4.99 Å². The van der Waals surface area contributed by atoms with Crippen LogP contribution in [0.25, 0.3) is 0 Å². The minimum Gasteiger partial charge on any atom is -0.486 e. The van der Waals surface area contributed by atoms with Gasteiger partial charge in [-0.05, 0) is 12.1 Å². The fourth-order valence-electron chi connectivity index (χ4n) is 1.79. The van der Waals surface area contributed by atoms with Crippen molar-refractivity contribution in [3.05, 3.63) is 18.2 Å². The van der Waals surface area contributed by atoms with Crippen molar-refractivity contribution in [2.75, 3.05) is 25.1 Å². The standard InChI is InChI=1S/C12H14N2O2S/c1-8-7-13-12(17-8)14-9-2-3-10-11(6-9)16-5-4-15-10/h2-3,6,8H,4-5,7H2,1H3,(H,13,14). The number of nitrogens with one attached hydrogen (secondary N) is 1. The van der Waals surface area contributed by atoms with E-state index in [0.717, 1.165) is 28.9 Å². The Hall–Kier alpha value is -1.36. The van der Waals surface area contributed by atoms with Gasteiger partial charge in [0.15, 0.2) is 16.7 Å². The predicted octanol–water partition coefficient (Wildman–Crippen LogP) is 2.36. The van der Waals surface area contributed by atoms with Gasteiger partial charge in [0.25, 0.3) is 0 Å². The van der Waals surface area contributed by atoms with Gasteiger partial charge in [0.2, 0.25) is 0 Å². The number of ether oxygens (including phenoxy) is 2. The lowest BCUT2D eigenvalue weighted by atomic mass is 10.2.